The fourth-order valence-electron chi connectivity index (χ4n) is 9.69. The number of carbonyl (C=O) groups excluding carboxylic acids is 5. The van der Waals surface area contributed by atoms with E-state index in [4.69, 9.17) is 0 Å². The summed E-state index contributed by atoms with van der Waals surface area (Å²) in [6.07, 6.45) is 9.19. The maximum absolute atomic E-state index is 14.1. The Balaban J connectivity index is 0.698. The molecule has 2 saturated heterocycles. The van der Waals surface area contributed by atoms with Gasteiger partial charge in [-0.3, -0.25) is 33.9 Å². The number of β-amino-alcohol motifs (C(OH)–C–C–N with tert-alkyl or cyclic N) is 1. The number of hydrogen-bond donors (Lipinski definition) is 5. The number of piperazine rings is 1. The summed E-state index contributed by atoms with van der Waals surface area (Å²) in [4.78, 5) is 91.6. The van der Waals surface area contributed by atoms with E-state index < -0.39 is 23.6 Å². The summed E-state index contributed by atoms with van der Waals surface area (Å²) in [5, 5.41) is 22.8. The Morgan fingerprint density at radius 1 is 0.805 bits per heavy atom. The van der Waals surface area contributed by atoms with Crippen molar-refractivity contribution in [3.05, 3.63) is 137 Å². The summed E-state index contributed by atoms with van der Waals surface area (Å²) in [7, 11) is 0. The van der Waals surface area contributed by atoms with Crippen molar-refractivity contribution in [1.29, 1.82) is 0 Å². The quantitative estimate of drug-likeness (QED) is 0.0430. The number of thiazole rings is 1. The van der Waals surface area contributed by atoms with Crippen molar-refractivity contribution >= 4 is 58.2 Å². The highest BCUT2D eigenvalue weighted by atomic mass is 32.1. The molecule has 2 fully saturated rings. The van der Waals surface area contributed by atoms with Crippen molar-refractivity contribution in [1.82, 2.24) is 45.3 Å². The number of hydrogen-bond acceptors (Lipinski definition) is 13. The van der Waals surface area contributed by atoms with E-state index in [1.807, 2.05) is 130 Å². The van der Waals surface area contributed by atoms with Crippen LogP contribution in [0, 0.1) is 19.3 Å². The number of pyridine rings is 1. The van der Waals surface area contributed by atoms with Crippen LogP contribution in [0.4, 0.5) is 17.3 Å². The molecule has 0 bridgehead atoms. The Kier molecular flexibility index (Phi) is 18.9. The van der Waals surface area contributed by atoms with E-state index in [-0.39, 0.29) is 55.5 Å². The Hall–Kier alpha value is -7.41. The number of carbonyl (C=O) groups is 5. The standard InChI is InChI=1S/C59H71N11O6S/c1-39-15-24-46(32-49(39)66-58-61-27-25-48(65-58)45-12-11-26-60-35-45)64-55(74)44-22-18-42(19-23-44)36-68-28-30-69(31-29-68)52(73)14-10-8-6-7-9-13-51(72)67-54(59(3,4)5)57(76)70-37-47(71)33-50(70)56(75)62-34-41-16-20-43(21-17-41)53-40(2)63-38-77-53/h11-12,15-27,32,35,38,47,50,54,71H,6-10,13-14,28-31,33-34,36-37H2,1-5H3,(H,62,75)(H,64,74)(H,67,72)(H,61,65,66). The third-order valence-corrected chi connectivity index (χ3v) is 15.2. The molecule has 0 aliphatic carbocycles. The lowest BCUT2D eigenvalue weighted by atomic mass is 9.85. The number of aliphatic hydroxyl groups excluding tert-OH is 1. The Morgan fingerprint density at radius 2 is 1.53 bits per heavy atom. The van der Waals surface area contributed by atoms with Gasteiger partial charge in [0.15, 0.2) is 0 Å². The van der Waals surface area contributed by atoms with Crippen molar-refractivity contribution in [3.8, 4) is 21.7 Å². The third kappa shape index (κ3) is 15.4. The first-order chi connectivity index (χ1) is 37.1. The normalized spacial score (nSPS) is 16.2. The van der Waals surface area contributed by atoms with Crippen LogP contribution in [0.1, 0.15) is 105 Å². The van der Waals surface area contributed by atoms with Gasteiger partial charge in [0.2, 0.25) is 29.6 Å². The minimum atomic E-state index is -0.881. The molecular weight excluding hydrogens is 991 g/mol. The predicted molar refractivity (Wildman–Crippen MR) is 300 cm³/mol. The minimum absolute atomic E-state index is 0.0150. The first-order valence-corrected chi connectivity index (χ1v) is 27.5. The molecule has 17 nitrogen and oxygen atoms in total. The van der Waals surface area contributed by atoms with E-state index >= 15 is 0 Å². The number of aromatic nitrogens is 4. The predicted octanol–water partition coefficient (Wildman–Crippen LogP) is 8.46. The van der Waals surface area contributed by atoms with Gasteiger partial charge in [0.1, 0.15) is 12.1 Å². The summed E-state index contributed by atoms with van der Waals surface area (Å²) in [6.45, 7) is 13.5. The molecule has 77 heavy (non-hydrogen) atoms. The largest absolute Gasteiger partial charge is 0.391 e. The first kappa shape index (κ1) is 55.8. The number of unbranched alkanes of at least 4 members (excludes halogenated alkanes) is 4. The van der Waals surface area contributed by atoms with E-state index in [0.717, 1.165) is 95.1 Å². The molecule has 3 aromatic carbocycles. The minimum Gasteiger partial charge on any atom is -0.391 e. The van der Waals surface area contributed by atoms with Gasteiger partial charge in [-0.15, -0.1) is 11.3 Å². The summed E-state index contributed by atoms with van der Waals surface area (Å²) in [6, 6.07) is 25.1. The van der Waals surface area contributed by atoms with Crippen LogP contribution in [0.5, 0.6) is 0 Å². The van der Waals surface area contributed by atoms with Gasteiger partial charge in [-0.05, 0) is 96.8 Å². The van der Waals surface area contributed by atoms with Crippen LogP contribution in [0.2, 0.25) is 0 Å². The van der Waals surface area contributed by atoms with Crippen molar-refractivity contribution in [2.75, 3.05) is 43.4 Å². The number of aliphatic hydroxyl groups is 1. The van der Waals surface area contributed by atoms with E-state index in [1.54, 1.807) is 29.9 Å². The zero-order valence-corrected chi connectivity index (χ0v) is 45.6. The average molecular weight is 1060 g/mol. The van der Waals surface area contributed by atoms with Crippen LogP contribution in [-0.4, -0.2) is 120 Å². The van der Waals surface area contributed by atoms with Gasteiger partial charge in [-0.25, -0.2) is 15.0 Å². The summed E-state index contributed by atoms with van der Waals surface area (Å²) in [5.74, 6) is -0.577. The lowest BCUT2D eigenvalue weighted by Gasteiger charge is -2.35. The molecule has 2 aliphatic heterocycles. The fraction of sp³-hybridized carbons (Fsp3) is 0.407. The number of benzene rings is 3. The number of amides is 5. The van der Waals surface area contributed by atoms with Crippen molar-refractivity contribution in [2.45, 2.75) is 117 Å². The van der Waals surface area contributed by atoms with Gasteiger partial charge < -0.3 is 36.2 Å². The summed E-state index contributed by atoms with van der Waals surface area (Å²) in [5.41, 5.74) is 9.76. The zero-order valence-electron chi connectivity index (χ0n) is 44.8. The molecule has 3 aromatic heterocycles. The topological polar surface area (TPSA) is 215 Å². The lowest BCUT2D eigenvalue weighted by Crippen LogP contribution is -2.57. The molecule has 3 atom stereocenters. The van der Waals surface area contributed by atoms with E-state index in [0.29, 0.717) is 43.1 Å². The van der Waals surface area contributed by atoms with Crippen LogP contribution >= 0.6 is 11.3 Å². The summed E-state index contributed by atoms with van der Waals surface area (Å²) < 4.78 is 0. The molecule has 8 rings (SSSR count). The molecule has 0 radical (unpaired) electrons. The SMILES string of the molecule is Cc1ccc(NC(=O)c2ccc(CN3CCN(C(=O)CCCCCCCC(=O)NC(C(=O)N4CC(O)CC4C(=O)NCc4ccc(-c5scnc5C)cc4)C(C)(C)C)CC3)cc2)cc1Nc1nccc(-c2cccnc2)n1. The van der Waals surface area contributed by atoms with E-state index in [2.05, 4.69) is 46.1 Å². The van der Waals surface area contributed by atoms with Gasteiger partial charge in [0.05, 0.1) is 27.9 Å². The molecule has 0 saturated carbocycles. The van der Waals surface area contributed by atoms with Gasteiger partial charge in [0.25, 0.3) is 5.91 Å². The first-order valence-electron chi connectivity index (χ1n) is 26.6. The van der Waals surface area contributed by atoms with Gasteiger partial charge in [-0.1, -0.05) is 82.5 Å². The molecule has 5 N–H and O–H groups in total. The number of rotatable bonds is 21. The molecule has 5 heterocycles. The highest BCUT2D eigenvalue weighted by molar-refractivity contribution is 7.13. The van der Waals surface area contributed by atoms with E-state index in [1.165, 1.54) is 4.90 Å². The molecule has 5 amide bonds. The number of nitrogens with one attached hydrogen (secondary N) is 4. The number of anilines is 3. The second-order valence-corrected chi connectivity index (χ2v) is 22.0. The second kappa shape index (κ2) is 26.1. The Morgan fingerprint density at radius 3 is 2.23 bits per heavy atom. The fourth-order valence-corrected chi connectivity index (χ4v) is 10.5. The van der Waals surface area contributed by atoms with Crippen LogP contribution in [0.25, 0.3) is 21.7 Å². The number of likely N-dealkylation sites (tertiary alicyclic amines) is 1. The maximum atomic E-state index is 14.1. The van der Waals surface area contributed by atoms with Crippen LogP contribution in [0.3, 0.4) is 0 Å². The second-order valence-electron chi connectivity index (χ2n) is 21.2. The average Bonchev–Trinajstić information content (AvgIpc) is 4.06. The molecular formula is C59H71N11O6S. The zero-order chi connectivity index (χ0) is 54.5. The van der Waals surface area contributed by atoms with Crippen LogP contribution < -0.4 is 21.3 Å². The molecule has 2 aliphatic rings. The third-order valence-electron chi connectivity index (χ3n) is 14.2. The Labute approximate surface area is 455 Å². The molecule has 6 aromatic rings. The molecule has 18 heteroatoms. The van der Waals surface area contributed by atoms with E-state index in [9.17, 15) is 29.1 Å². The number of aryl methyl sites for hydroxylation is 2. The van der Waals surface area contributed by atoms with Crippen LogP contribution in [0.15, 0.2) is 109 Å². The molecule has 0 spiro atoms. The van der Waals surface area contributed by atoms with Crippen molar-refractivity contribution < 1.29 is 29.1 Å². The highest BCUT2D eigenvalue weighted by Gasteiger charge is 2.44. The van der Waals surface area contributed by atoms with Crippen molar-refractivity contribution in [3.63, 3.8) is 0 Å². The molecule has 3 unspecified atom stereocenters. The van der Waals surface area contributed by atoms with Gasteiger partial charge in [-0.2, -0.15) is 0 Å². The molecule has 404 valence electrons. The van der Waals surface area contributed by atoms with Crippen molar-refractivity contribution in [2.24, 2.45) is 5.41 Å². The maximum Gasteiger partial charge on any atom is 0.255 e. The lowest BCUT2D eigenvalue weighted by molar-refractivity contribution is -0.144. The monoisotopic (exact) mass is 1060 g/mol. The Bertz CT molecular complexity index is 2970. The smallest absolute Gasteiger partial charge is 0.255 e. The van der Waals surface area contributed by atoms with Gasteiger partial charge >= 0.3 is 0 Å². The number of nitrogens with zero attached hydrogens (tertiary/aromatic N) is 7. The van der Waals surface area contributed by atoms with Crippen LogP contribution in [-0.2, 0) is 32.3 Å². The highest BCUT2D eigenvalue weighted by Crippen LogP contribution is 2.30. The van der Waals surface area contributed by atoms with Gasteiger partial charge in [0, 0.05) is 106 Å². The summed E-state index contributed by atoms with van der Waals surface area (Å²) >= 11 is 1.58.